The van der Waals surface area contributed by atoms with E-state index < -0.39 is 0 Å². The van der Waals surface area contributed by atoms with Crippen LogP contribution in [-0.2, 0) is 11.3 Å². The molecule has 1 saturated heterocycles. The van der Waals surface area contributed by atoms with E-state index in [1.54, 1.807) is 36.5 Å². The van der Waals surface area contributed by atoms with E-state index in [4.69, 9.17) is 4.74 Å². The van der Waals surface area contributed by atoms with Gasteiger partial charge in [-0.3, -0.25) is 9.78 Å². The summed E-state index contributed by atoms with van der Waals surface area (Å²) in [5.74, 6) is 0.490. The first kappa shape index (κ1) is 15.6. The molecule has 6 heteroatoms. The Morgan fingerprint density at radius 2 is 2.30 bits per heavy atom. The van der Waals surface area contributed by atoms with Gasteiger partial charge in [0.25, 0.3) is 5.91 Å². The lowest BCUT2D eigenvalue weighted by Crippen LogP contribution is -2.37. The van der Waals surface area contributed by atoms with Crippen LogP contribution in [0.3, 0.4) is 0 Å². The van der Waals surface area contributed by atoms with E-state index in [1.807, 2.05) is 12.1 Å². The second kappa shape index (κ2) is 7.28. The maximum absolute atomic E-state index is 12.8. The number of nitrogens with zero attached hydrogens (tertiary/aromatic N) is 4. The average molecular weight is 312 g/mol. The van der Waals surface area contributed by atoms with Crippen LogP contribution in [0.1, 0.15) is 34.7 Å². The minimum atomic E-state index is -0.102. The van der Waals surface area contributed by atoms with Crippen molar-refractivity contribution < 1.29 is 9.53 Å². The maximum Gasteiger partial charge on any atom is 0.272 e. The van der Waals surface area contributed by atoms with Gasteiger partial charge in [-0.15, -0.1) is 0 Å². The largest absolute Gasteiger partial charge is 0.376 e. The van der Waals surface area contributed by atoms with Crippen molar-refractivity contribution >= 4 is 5.91 Å². The molecule has 3 heterocycles. The molecule has 1 amide bonds. The number of pyridine rings is 1. The first-order chi connectivity index (χ1) is 11.2. The second-order valence-corrected chi connectivity index (χ2v) is 5.67. The van der Waals surface area contributed by atoms with Gasteiger partial charge in [0.05, 0.1) is 6.10 Å². The van der Waals surface area contributed by atoms with Crippen LogP contribution in [0.5, 0.6) is 0 Å². The number of aromatic nitrogens is 3. The van der Waals surface area contributed by atoms with Crippen LogP contribution in [0.2, 0.25) is 0 Å². The minimum Gasteiger partial charge on any atom is -0.376 e. The normalized spacial score (nSPS) is 17.2. The number of hydrogen-bond acceptors (Lipinski definition) is 5. The number of amides is 1. The lowest BCUT2D eigenvalue weighted by Gasteiger charge is -2.25. The molecule has 6 nitrogen and oxygen atoms in total. The van der Waals surface area contributed by atoms with E-state index in [0.29, 0.717) is 24.6 Å². The van der Waals surface area contributed by atoms with Gasteiger partial charge in [-0.25, -0.2) is 9.97 Å². The molecular weight excluding hydrogens is 292 g/mol. The predicted octanol–water partition coefficient (Wildman–Crippen LogP) is 2.00. The topological polar surface area (TPSA) is 68.2 Å². The summed E-state index contributed by atoms with van der Waals surface area (Å²) in [7, 11) is 0. The molecule has 1 unspecified atom stereocenters. The smallest absolute Gasteiger partial charge is 0.272 e. The molecule has 0 saturated carbocycles. The second-order valence-electron chi connectivity index (χ2n) is 5.67. The SMILES string of the molecule is Cc1nccc(C(=O)N(Cc2cccnc2)CC2CCCO2)n1. The van der Waals surface area contributed by atoms with Gasteiger partial charge in [0, 0.05) is 38.3 Å². The van der Waals surface area contributed by atoms with Crippen molar-refractivity contribution in [2.24, 2.45) is 0 Å². The lowest BCUT2D eigenvalue weighted by atomic mass is 10.2. The van der Waals surface area contributed by atoms with Crippen LogP contribution < -0.4 is 0 Å². The van der Waals surface area contributed by atoms with Crippen molar-refractivity contribution in [1.82, 2.24) is 19.9 Å². The quantitative estimate of drug-likeness (QED) is 0.844. The van der Waals surface area contributed by atoms with Gasteiger partial charge in [0.2, 0.25) is 0 Å². The molecule has 1 atom stereocenters. The Hall–Kier alpha value is -2.34. The summed E-state index contributed by atoms with van der Waals surface area (Å²) < 4.78 is 5.69. The molecule has 1 fully saturated rings. The number of aryl methyl sites for hydroxylation is 1. The Balaban J connectivity index is 1.79. The fraction of sp³-hybridized carbons (Fsp3) is 0.412. The molecule has 0 radical (unpaired) electrons. The summed E-state index contributed by atoms with van der Waals surface area (Å²) >= 11 is 0. The fourth-order valence-electron chi connectivity index (χ4n) is 2.70. The first-order valence-corrected chi connectivity index (χ1v) is 7.82. The molecule has 0 aliphatic carbocycles. The van der Waals surface area contributed by atoms with Crippen LogP contribution in [0, 0.1) is 6.92 Å². The van der Waals surface area contributed by atoms with E-state index in [-0.39, 0.29) is 12.0 Å². The summed E-state index contributed by atoms with van der Waals surface area (Å²) in [5, 5.41) is 0. The van der Waals surface area contributed by atoms with Gasteiger partial charge in [0.1, 0.15) is 11.5 Å². The summed E-state index contributed by atoms with van der Waals surface area (Å²) in [6.07, 6.45) is 7.25. The van der Waals surface area contributed by atoms with E-state index in [0.717, 1.165) is 25.0 Å². The molecule has 120 valence electrons. The fourth-order valence-corrected chi connectivity index (χ4v) is 2.70. The molecule has 0 bridgehead atoms. The average Bonchev–Trinajstić information content (AvgIpc) is 3.08. The van der Waals surface area contributed by atoms with Crippen LogP contribution in [0.4, 0.5) is 0 Å². The van der Waals surface area contributed by atoms with E-state index in [2.05, 4.69) is 15.0 Å². The van der Waals surface area contributed by atoms with Crippen molar-refractivity contribution in [3.63, 3.8) is 0 Å². The Morgan fingerprint density at radius 1 is 1.39 bits per heavy atom. The Morgan fingerprint density at radius 3 is 3.00 bits per heavy atom. The molecule has 23 heavy (non-hydrogen) atoms. The lowest BCUT2D eigenvalue weighted by molar-refractivity contribution is 0.0502. The molecular formula is C17H20N4O2. The number of hydrogen-bond donors (Lipinski definition) is 0. The number of carbonyl (C=O) groups is 1. The summed E-state index contributed by atoms with van der Waals surface area (Å²) in [4.78, 5) is 27.1. The highest BCUT2D eigenvalue weighted by molar-refractivity contribution is 5.92. The van der Waals surface area contributed by atoms with Gasteiger partial charge in [0.15, 0.2) is 0 Å². The van der Waals surface area contributed by atoms with E-state index >= 15 is 0 Å². The highest BCUT2D eigenvalue weighted by Gasteiger charge is 2.24. The Labute approximate surface area is 135 Å². The van der Waals surface area contributed by atoms with Crippen molar-refractivity contribution in [3.8, 4) is 0 Å². The molecule has 1 aliphatic heterocycles. The Bertz CT molecular complexity index is 657. The van der Waals surface area contributed by atoms with Gasteiger partial charge < -0.3 is 9.64 Å². The van der Waals surface area contributed by atoms with Crippen LogP contribution in [0.15, 0.2) is 36.8 Å². The minimum absolute atomic E-state index is 0.0959. The zero-order chi connectivity index (χ0) is 16.1. The monoisotopic (exact) mass is 312 g/mol. The third-order valence-corrected chi connectivity index (χ3v) is 3.83. The molecule has 1 aliphatic rings. The van der Waals surface area contributed by atoms with Gasteiger partial charge in [-0.1, -0.05) is 6.07 Å². The van der Waals surface area contributed by atoms with Crippen molar-refractivity contribution in [2.75, 3.05) is 13.2 Å². The predicted molar refractivity (Wildman–Crippen MR) is 84.7 cm³/mol. The third kappa shape index (κ3) is 4.10. The highest BCUT2D eigenvalue weighted by Crippen LogP contribution is 2.16. The molecule has 2 aromatic rings. The first-order valence-electron chi connectivity index (χ1n) is 7.82. The summed E-state index contributed by atoms with van der Waals surface area (Å²) in [6.45, 7) is 3.61. The standard InChI is InChI=1S/C17H20N4O2/c1-13-19-8-6-16(20-13)17(22)21(12-15-5-3-9-23-15)11-14-4-2-7-18-10-14/h2,4,6-8,10,15H,3,5,9,11-12H2,1H3. The summed E-state index contributed by atoms with van der Waals surface area (Å²) in [5.41, 5.74) is 1.41. The number of ether oxygens (including phenoxy) is 1. The summed E-state index contributed by atoms with van der Waals surface area (Å²) in [6, 6.07) is 5.49. The molecule has 3 rings (SSSR count). The van der Waals surface area contributed by atoms with Gasteiger partial charge in [-0.2, -0.15) is 0 Å². The van der Waals surface area contributed by atoms with Crippen LogP contribution in [0.25, 0.3) is 0 Å². The van der Waals surface area contributed by atoms with Gasteiger partial charge >= 0.3 is 0 Å². The van der Waals surface area contributed by atoms with E-state index in [9.17, 15) is 4.79 Å². The zero-order valence-corrected chi connectivity index (χ0v) is 13.2. The Kier molecular flexibility index (Phi) is 4.92. The van der Waals surface area contributed by atoms with Crippen molar-refractivity contribution in [1.29, 1.82) is 0 Å². The number of carbonyl (C=O) groups excluding carboxylic acids is 1. The maximum atomic E-state index is 12.8. The molecule has 0 spiro atoms. The van der Waals surface area contributed by atoms with Crippen LogP contribution in [-0.4, -0.2) is 45.0 Å². The van der Waals surface area contributed by atoms with Crippen LogP contribution >= 0.6 is 0 Å². The third-order valence-electron chi connectivity index (χ3n) is 3.83. The molecule has 0 aromatic carbocycles. The van der Waals surface area contributed by atoms with Crippen molar-refractivity contribution in [3.05, 3.63) is 53.9 Å². The van der Waals surface area contributed by atoms with Gasteiger partial charge in [-0.05, 0) is 37.5 Å². The highest BCUT2D eigenvalue weighted by atomic mass is 16.5. The molecule has 0 N–H and O–H groups in total. The van der Waals surface area contributed by atoms with E-state index in [1.165, 1.54) is 0 Å². The zero-order valence-electron chi connectivity index (χ0n) is 13.2. The van der Waals surface area contributed by atoms with Crippen molar-refractivity contribution in [2.45, 2.75) is 32.4 Å². The molecule has 2 aromatic heterocycles. The number of rotatable bonds is 5.